The minimum atomic E-state index is -4.89. The molecule has 0 unspecified atom stereocenters. The number of phosphoric acid groups is 1. The number of amides is 1. The lowest BCUT2D eigenvalue weighted by Crippen LogP contribution is -2.49. The van der Waals surface area contributed by atoms with Crippen LogP contribution in [0.1, 0.15) is 11.8 Å². The van der Waals surface area contributed by atoms with Crippen LogP contribution in [0.4, 0.5) is 0 Å². The van der Waals surface area contributed by atoms with Gasteiger partial charge in [0.15, 0.2) is 6.23 Å². The van der Waals surface area contributed by atoms with E-state index in [4.69, 9.17) is 14.5 Å². The maximum atomic E-state index is 13.3. The third kappa shape index (κ3) is 4.81. The van der Waals surface area contributed by atoms with Gasteiger partial charge in [0, 0.05) is 12.3 Å². The van der Waals surface area contributed by atoms with Crippen molar-refractivity contribution in [3.63, 3.8) is 0 Å². The van der Waals surface area contributed by atoms with Crippen LogP contribution in [0, 0.1) is 0 Å². The number of carbonyl (C=O) groups excluding carboxylic acids is 1. The van der Waals surface area contributed by atoms with Crippen molar-refractivity contribution in [2.24, 2.45) is 0 Å². The van der Waals surface area contributed by atoms with E-state index in [2.05, 4.69) is 20.9 Å². The molecule has 2 heterocycles. The highest BCUT2D eigenvalue weighted by atomic mass is 31.2. The normalized spacial score (nSPS) is 21.5. The highest BCUT2D eigenvalue weighted by Gasteiger charge is 2.46. The molecule has 5 N–H and O–H groups in total. The summed E-state index contributed by atoms with van der Waals surface area (Å²) in [5, 5.41) is 19.9. The summed E-state index contributed by atoms with van der Waals surface area (Å²) in [6.45, 7) is -0.707. The van der Waals surface area contributed by atoms with Crippen LogP contribution >= 0.6 is 7.82 Å². The fraction of sp³-hybridized carbons (Fsp3) is 0.222. The van der Waals surface area contributed by atoms with Crippen LogP contribution in [0.2, 0.25) is 0 Å². The molecular weight excluding hydrogens is 541 g/mol. The molecule has 1 aliphatic rings. The zero-order valence-corrected chi connectivity index (χ0v) is 21.7. The van der Waals surface area contributed by atoms with E-state index in [1.165, 1.54) is 0 Å². The molecule has 0 radical (unpaired) electrons. The fourth-order valence-corrected chi connectivity index (χ4v) is 5.78. The number of aliphatic hydroxyl groups excluding tert-OH is 1. The number of nitrogens with one attached hydrogen (secondary N) is 2. The van der Waals surface area contributed by atoms with Gasteiger partial charge >= 0.3 is 13.5 Å². The number of ether oxygens (including phenoxy) is 1. The monoisotopic (exact) mass is 565 g/mol. The number of benzene rings is 4. The second-order valence-electron chi connectivity index (χ2n) is 9.71. The van der Waals surface area contributed by atoms with Crippen molar-refractivity contribution in [1.29, 1.82) is 0 Å². The number of aromatic nitrogens is 2. The lowest BCUT2D eigenvalue weighted by Gasteiger charge is -2.23. The quantitative estimate of drug-likeness (QED) is 0.144. The molecule has 0 aliphatic carbocycles. The summed E-state index contributed by atoms with van der Waals surface area (Å²) in [5.41, 5.74) is -0.765. The minimum absolute atomic E-state index is 0.0612. The molecule has 0 spiro atoms. The summed E-state index contributed by atoms with van der Waals surface area (Å²) in [6, 6.07) is 17.8. The zero-order chi connectivity index (χ0) is 28.2. The van der Waals surface area contributed by atoms with Crippen LogP contribution in [0.3, 0.4) is 0 Å². The summed E-state index contributed by atoms with van der Waals surface area (Å²) >= 11 is 0. The van der Waals surface area contributed by atoms with Crippen LogP contribution in [0.25, 0.3) is 32.3 Å². The Balaban J connectivity index is 1.31. The molecular formula is C27H24N3O9P. The van der Waals surface area contributed by atoms with E-state index in [1.807, 2.05) is 48.5 Å². The van der Waals surface area contributed by atoms with Gasteiger partial charge in [0.25, 0.3) is 5.56 Å². The molecule has 0 saturated carbocycles. The molecule has 206 valence electrons. The predicted molar refractivity (Wildman–Crippen MR) is 145 cm³/mol. The number of carbonyl (C=O) groups is 1. The third-order valence-corrected chi connectivity index (χ3v) is 7.69. The van der Waals surface area contributed by atoms with E-state index in [9.17, 15) is 24.1 Å². The van der Waals surface area contributed by atoms with Crippen molar-refractivity contribution in [3.05, 3.63) is 93.3 Å². The number of H-pyrrole nitrogens is 1. The first-order valence-corrected chi connectivity index (χ1v) is 13.9. The Morgan fingerprint density at radius 3 is 2.38 bits per heavy atom. The fourth-order valence-electron chi connectivity index (χ4n) is 5.44. The average molecular weight is 565 g/mol. The third-order valence-electron chi connectivity index (χ3n) is 7.20. The van der Waals surface area contributed by atoms with Crippen molar-refractivity contribution >= 4 is 46.0 Å². The Bertz CT molecular complexity index is 1900. The highest BCUT2D eigenvalue weighted by molar-refractivity contribution is 7.46. The first kappa shape index (κ1) is 26.3. The van der Waals surface area contributed by atoms with Crippen LogP contribution in [-0.2, 0) is 25.0 Å². The molecule has 1 aliphatic heterocycles. The largest absolute Gasteiger partial charge is 0.469 e. The van der Waals surface area contributed by atoms with Crippen LogP contribution in [0.5, 0.6) is 0 Å². The number of rotatable bonds is 7. The molecule has 13 heteroatoms. The number of nitrogens with zero attached hydrogens (tertiary/aromatic N) is 1. The van der Waals surface area contributed by atoms with Crippen molar-refractivity contribution in [2.45, 2.75) is 30.9 Å². The number of aliphatic hydroxyl groups is 1. The van der Waals surface area contributed by atoms with E-state index in [-0.39, 0.29) is 6.42 Å². The first-order chi connectivity index (χ1) is 19.1. The molecule has 5 aromatic rings. The predicted octanol–water partition coefficient (Wildman–Crippen LogP) is 1.53. The van der Waals surface area contributed by atoms with Gasteiger partial charge in [0.2, 0.25) is 5.91 Å². The lowest BCUT2D eigenvalue weighted by atomic mass is 9.91. The van der Waals surface area contributed by atoms with Crippen LogP contribution in [-0.4, -0.2) is 55.2 Å². The molecule has 4 atom stereocenters. The van der Waals surface area contributed by atoms with Gasteiger partial charge < -0.3 is 24.9 Å². The number of aromatic amines is 1. The summed E-state index contributed by atoms with van der Waals surface area (Å²) < 4.78 is 22.4. The molecule has 40 heavy (non-hydrogen) atoms. The SMILES string of the molecule is O=C(Cc1ccc2ccc3cccc4ccc1c2c34)N[C@@H]1[C@H](O)[C@@H](COP(=O)(O)O)O[C@H]1n1ccc(=O)[nH]c1=O. The number of hydrogen-bond donors (Lipinski definition) is 5. The molecule has 1 fully saturated rings. The second-order valence-corrected chi connectivity index (χ2v) is 10.9. The van der Waals surface area contributed by atoms with Gasteiger partial charge in [-0.2, -0.15) is 0 Å². The maximum Gasteiger partial charge on any atom is 0.469 e. The molecule has 1 saturated heterocycles. The van der Waals surface area contributed by atoms with Crippen molar-refractivity contribution < 1.29 is 33.5 Å². The Labute approximate surface area is 225 Å². The zero-order valence-electron chi connectivity index (χ0n) is 20.8. The molecule has 12 nitrogen and oxygen atoms in total. The van der Waals surface area contributed by atoms with Gasteiger partial charge in [-0.15, -0.1) is 0 Å². The van der Waals surface area contributed by atoms with E-state index in [0.717, 1.165) is 54.7 Å². The maximum absolute atomic E-state index is 13.3. The van der Waals surface area contributed by atoms with E-state index in [0.29, 0.717) is 0 Å². The summed E-state index contributed by atoms with van der Waals surface area (Å²) in [5.74, 6) is -0.485. The number of phosphoric ester groups is 1. The highest BCUT2D eigenvalue weighted by Crippen LogP contribution is 2.39. The Kier molecular flexibility index (Phi) is 6.54. The Morgan fingerprint density at radius 2 is 1.68 bits per heavy atom. The van der Waals surface area contributed by atoms with Crippen LogP contribution in [0.15, 0.2) is 76.4 Å². The lowest BCUT2D eigenvalue weighted by molar-refractivity contribution is -0.122. The molecule has 4 aromatic carbocycles. The van der Waals surface area contributed by atoms with Crippen molar-refractivity contribution in [3.8, 4) is 0 Å². The minimum Gasteiger partial charge on any atom is -0.388 e. The smallest absolute Gasteiger partial charge is 0.388 e. The molecule has 1 amide bonds. The van der Waals surface area contributed by atoms with Gasteiger partial charge in [0.1, 0.15) is 18.2 Å². The number of hydrogen-bond acceptors (Lipinski definition) is 7. The standard InChI is InChI=1S/C27H24N3O9P/c31-20-10-11-30(27(34)29-20)26-24(25(33)19(39-26)13-38-40(35,36)37)28-21(32)12-17-7-6-16-5-4-14-2-1-3-15-8-9-18(17)23(16)22(14)15/h1-11,19,24-26,33H,12-13H2,(H,28,32)(H,29,31,34)(H2,35,36,37)/t19-,24-,25-,26-/m1/s1. The van der Waals surface area contributed by atoms with Crippen LogP contribution < -0.4 is 16.6 Å². The summed E-state index contributed by atoms with van der Waals surface area (Å²) in [4.78, 5) is 57.6. The van der Waals surface area contributed by atoms with Gasteiger partial charge in [-0.1, -0.05) is 54.6 Å². The van der Waals surface area contributed by atoms with Gasteiger partial charge in [-0.05, 0) is 37.9 Å². The Morgan fingerprint density at radius 1 is 1.00 bits per heavy atom. The van der Waals surface area contributed by atoms with Gasteiger partial charge in [0.05, 0.1) is 13.0 Å². The van der Waals surface area contributed by atoms with Gasteiger partial charge in [-0.3, -0.25) is 23.7 Å². The van der Waals surface area contributed by atoms with Crippen molar-refractivity contribution in [1.82, 2.24) is 14.9 Å². The summed E-state index contributed by atoms with van der Waals surface area (Å²) in [6.07, 6.45) is -3.01. The molecule has 1 aromatic heterocycles. The Hall–Kier alpha value is -3.90. The van der Waals surface area contributed by atoms with E-state index >= 15 is 0 Å². The van der Waals surface area contributed by atoms with E-state index in [1.54, 1.807) is 0 Å². The average Bonchev–Trinajstić information content (AvgIpc) is 3.21. The first-order valence-electron chi connectivity index (χ1n) is 12.4. The second kappa shape index (κ2) is 9.93. The van der Waals surface area contributed by atoms with E-state index < -0.39 is 56.1 Å². The molecule has 0 bridgehead atoms. The molecule has 6 rings (SSSR count). The summed E-state index contributed by atoms with van der Waals surface area (Å²) in [7, 11) is -4.89. The van der Waals surface area contributed by atoms with Gasteiger partial charge in [-0.25, -0.2) is 9.36 Å². The van der Waals surface area contributed by atoms with Crippen molar-refractivity contribution in [2.75, 3.05) is 6.61 Å². The topological polar surface area (TPSA) is 180 Å².